The lowest BCUT2D eigenvalue weighted by Gasteiger charge is -2.04. The Morgan fingerprint density at radius 1 is 1.14 bits per heavy atom. The van der Waals surface area contributed by atoms with Crippen molar-refractivity contribution in [1.29, 1.82) is 0 Å². The molecule has 0 aliphatic rings. The van der Waals surface area contributed by atoms with Crippen LogP contribution < -0.4 is 0 Å². The molecule has 2 heteroatoms. The Bertz CT molecular complexity index is 263. The maximum Gasteiger partial charge on any atom is 0.0438 e. The van der Waals surface area contributed by atoms with Crippen molar-refractivity contribution < 1.29 is 5.11 Å². The van der Waals surface area contributed by atoms with Crippen molar-refractivity contribution in [2.45, 2.75) is 26.0 Å². The third-order valence-corrected chi connectivity index (χ3v) is 3.11. The average Bonchev–Trinajstić information content (AvgIpc) is 2.11. The average molecular weight is 210 g/mol. The number of aliphatic hydroxyl groups is 1. The second-order valence-corrected chi connectivity index (χ2v) is 4.73. The van der Waals surface area contributed by atoms with Gasteiger partial charge in [0.25, 0.3) is 0 Å². The van der Waals surface area contributed by atoms with Gasteiger partial charge in [0.05, 0.1) is 0 Å². The van der Waals surface area contributed by atoms with Gasteiger partial charge in [0, 0.05) is 12.4 Å². The van der Waals surface area contributed by atoms with Crippen molar-refractivity contribution >= 4 is 11.8 Å². The Hall–Kier alpha value is -0.470. The molecule has 0 radical (unpaired) electrons. The highest BCUT2D eigenvalue weighted by molar-refractivity contribution is 7.98. The summed E-state index contributed by atoms with van der Waals surface area (Å²) in [5.74, 6) is 2.10. The van der Waals surface area contributed by atoms with E-state index in [0.717, 1.165) is 17.9 Å². The van der Waals surface area contributed by atoms with E-state index in [2.05, 4.69) is 32.0 Å². The molecular formula is C12H18OS. The van der Waals surface area contributed by atoms with Crippen LogP contribution in [-0.2, 0) is 5.75 Å². The summed E-state index contributed by atoms with van der Waals surface area (Å²) in [7, 11) is 0. The van der Waals surface area contributed by atoms with Crippen LogP contribution in [-0.4, -0.2) is 17.5 Å². The summed E-state index contributed by atoms with van der Waals surface area (Å²) in [4.78, 5) is 0. The summed E-state index contributed by atoms with van der Waals surface area (Å²) in [6.07, 6.45) is 0.898. The van der Waals surface area contributed by atoms with Gasteiger partial charge in [-0.15, -0.1) is 0 Å². The number of benzene rings is 1. The third kappa shape index (κ3) is 4.16. The second-order valence-electron chi connectivity index (χ2n) is 3.63. The molecule has 0 saturated heterocycles. The first kappa shape index (κ1) is 11.6. The lowest BCUT2D eigenvalue weighted by molar-refractivity contribution is 0.296. The normalized spacial score (nSPS) is 10.5. The lowest BCUT2D eigenvalue weighted by atomic mass is 10.1. The fourth-order valence-corrected chi connectivity index (χ4v) is 2.39. The second kappa shape index (κ2) is 6.10. The molecule has 1 rings (SSSR count). The summed E-state index contributed by atoms with van der Waals surface area (Å²) in [5.41, 5.74) is 4.07. The number of aryl methyl sites for hydroxylation is 2. The molecular weight excluding hydrogens is 192 g/mol. The van der Waals surface area contributed by atoms with Crippen LogP contribution in [0.3, 0.4) is 0 Å². The van der Waals surface area contributed by atoms with Gasteiger partial charge in [0.2, 0.25) is 0 Å². The van der Waals surface area contributed by atoms with E-state index < -0.39 is 0 Å². The van der Waals surface area contributed by atoms with Crippen molar-refractivity contribution in [1.82, 2.24) is 0 Å². The molecule has 0 fully saturated rings. The van der Waals surface area contributed by atoms with Gasteiger partial charge in [-0.1, -0.05) is 29.3 Å². The summed E-state index contributed by atoms with van der Waals surface area (Å²) in [6.45, 7) is 4.57. The third-order valence-electron chi connectivity index (χ3n) is 2.00. The summed E-state index contributed by atoms with van der Waals surface area (Å²) in [5, 5.41) is 8.64. The minimum Gasteiger partial charge on any atom is -0.396 e. The minimum atomic E-state index is 0.305. The molecule has 78 valence electrons. The standard InChI is InChI=1S/C12H18OS/c1-10-6-11(2)8-12(7-10)9-14-5-3-4-13/h6-8,13H,3-5,9H2,1-2H3. The van der Waals surface area contributed by atoms with E-state index in [1.807, 2.05) is 11.8 Å². The van der Waals surface area contributed by atoms with Gasteiger partial charge in [-0.3, -0.25) is 0 Å². The van der Waals surface area contributed by atoms with Crippen LogP contribution in [0.1, 0.15) is 23.1 Å². The van der Waals surface area contributed by atoms with Gasteiger partial charge >= 0.3 is 0 Å². The minimum absolute atomic E-state index is 0.305. The van der Waals surface area contributed by atoms with E-state index in [-0.39, 0.29) is 0 Å². The van der Waals surface area contributed by atoms with Crippen molar-refractivity contribution in [3.63, 3.8) is 0 Å². The fraction of sp³-hybridized carbons (Fsp3) is 0.500. The van der Waals surface area contributed by atoms with Gasteiger partial charge in [-0.25, -0.2) is 0 Å². The lowest BCUT2D eigenvalue weighted by Crippen LogP contribution is -1.89. The quantitative estimate of drug-likeness (QED) is 0.754. The Morgan fingerprint density at radius 3 is 2.36 bits per heavy atom. The Labute approximate surface area is 90.5 Å². The van der Waals surface area contributed by atoms with Crippen molar-refractivity contribution in [3.05, 3.63) is 34.9 Å². The van der Waals surface area contributed by atoms with E-state index in [4.69, 9.17) is 5.11 Å². The zero-order valence-corrected chi connectivity index (χ0v) is 9.73. The Kier molecular flexibility index (Phi) is 5.05. The van der Waals surface area contributed by atoms with Crippen LogP contribution in [0.15, 0.2) is 18.2 Å². The van der Waals surface area contributed by atoms with Crippen LogP contribution in [0, 0.1) is 13.8 Å². The maximum absolute atomic E-state index is 8.64. The van der Waals surface area contributed by atoms with Crippen LogP contribution in [0.25, 0.3) is 0 Å². The molecule has 1 nitrogen and oxygen atoms in total. The van der Waals surface area contributed by atoms with E-state index in [1.54, 1.807) is 0 Å². The fourth-order valence-electron chi connectivity index (χ4n) is 1.51. The van der Waals surface area contributed by atoms with E-state index in [0.29, 0.717) is 6.61 Å². The zero-order valence-electron chi connectivity index (χ0n) is 8.92. The molecule has 0 amide bonds. The zero-order chi connectivity index (χ0) is 10.4. The van der Waals surface area contributed by atoms with Crippen LogP contribution in [0.5, 0.6) is 0 Å². The first-order valence-electron chi connectivity index (χ1n) is 4.98. The predicted octanol–water partition coefficient (Wildman–Crippen LogP) is 2.92. The molecule has 0 spiro atoms. The number of hydrogen-bond donors (Lipinski definition) is 1. The van der Waals surface area contributed by atoms with Crippen LogP contribution >= 0.6 is 11.8 Å². The van der Waals surface area contributed by atoms with Gasteiger partial charge in [-0.2, -0.15) is 11.8 Å². The molecule has 1 aromatic rings. The SMILES string of the molecule is Cc1cc(C)cc(CSCCCO)c1. The number of hydrogen-bond acceptors (Lipinski definition) is 2. The number of rotatable bonds is 5. The first-order chi connectivity index (χ1) is 6.72. The highest BCUT2D eigenvalue weighted by Crippen LogP contribution is 2.16. The molecule has 1 aromatic carbocycles. The van der Waals surface area contributed by atoms with Crippen LogP contribution in [0.2, 0.25) is 0 Å². The summed E-state index contributed by atoms with van der Waals surface area (Å²) < 4.78 is 0. The number of aliphatic hydroxyl groups excluding tert-OH is 1. The predicted molar refractivity (Wildman–Crippen MR) is 63.8 cm³/mol. The summed E-state index contributed by atoms with van der Waals surface area (Å²) >= 11 is 1.89. The van der Waals surface area contributed by atoms with Crippen LogP contribution in [0.4, 0.5) is 0 Å². The largest absolute Gasteiger partial charge is 0.396 e. The molecule has 0 heterocycles. The van der Waals surface area contributed by atoms with Crippen molar-refractivity contribution in [2.24, 2.45) is 0 Å². The molecule has 0 aliphatic heterocycles. The van der Waals surface area contributed by atoms with E-state index in [9.17, 15) is 0 Å². The smallest absolute Gasteiger partial charge is 0.0438 e. The van der Waals surface area contributed by atoms with Gasteiger partial charge < -0.3 is 5.11 Å². The summed E-state index contributed by atoms with van der Waals surface area (Å²) in [6, 6.07) is 6.67. The monoisotopic (exact) mass is 210 g/mol. The van der Waals surface area contributed by atoms with E-state index >= 15 is 0 Å². The molecule has 14 heavy (non-hydrogen) atoms. The first-order valence-corrected chi connectivity index (χ1v) is 6.13. The molecule has 0 aromatic heterocycles. The topological polar surface area (TPSA) is 20.2 Å². The molecule has 0 bridgehead atoms. The Morgan fingerprint density at radius 2 is 1.79 bits per heavy atom. The highest BCUT2D eigenvalue weighted by atomic mass is 32.2. The van der Waals surface area contributed by atoms with Gasteiger partial charge in [0.15, 0.2) is 0 Å². The maximum atomic E-state index is 8.64. The highest BCUT2D eigenvalue weighted by Gasteiger charge is 1.96. The van der Waals surface area contributed by atoms with Crippen molar-refractivity contribution in [3.8, 4) is 0 Å². The molecule has 0 atom stereocenters. The molecule has 0 saturated carbocycles. The molecule has 0 aliphatic carbocycles. The molecule has 0 unspecified atom stereocenters. The molecule has 1 N–H and O–H groups in total. The Balaban J connectivity index is 2.42. The van der Waals surface area contributed by atoms with Gasteiger partial charge in [-0.05, 0) is 31.6 Å². The van der Waals surface area contributed by atoms with E-state index in [1.165, 1.54) is 16.7 Å². The van der Waals surface area contributed by atoms with Crippen molar-refractivity contribution in [2.75, 3.05) is 12.4 Å². The van der Waals surface area contributed by atoms with Gasteiger partial charge in [0.1, 0.15) is 0 Å². The number of thioether (sulfide) groups is 1.